The average molecular weight is 473 g/mol. The number of nitrogens with zero attached hydrogens (tertiary/aromatic N) is 5. The van der Waals surface area contributed by atoms with Crippen LogP contribution in [0.1, 0.15) is 16.1 Å². The molecular formula is C21H24N6O5S. The van der Waals surface area contributed by atoms with Crippen LogP contribution in [-0.4, -0.2) is 82.3 Å². The van der Waals surface area contributed by atoms with Crippen molar-refractivity contribution < 1.29 is 23.8 Å². The van der Waals surface area contributed by atoms with Crippen LogP contribution in [0.5, 0.6) is 5.88 Å². The van der Waals surface area contributed by atoms with Gasteiger partial charge in [0.2, 0.25) is 11.0 Å². The van der Waals surface area contributed by atoms with Crippen LogP contribution in [0.3, 0.4) is 0 Å². The molecule has 2 aromatic heterocycles. The van der Waals surface area contributed by atoms with Crippen molar-refractivity contribution in [3.63, 3.8) is 0 Å². The van der Waals surface area contributed by atoms with E-state index >= 15 is 0 Å². The zero-order chi connectivity index (χ0) is 23.4. The Bertz CT molecular complexity index is 1170. The van der Waals surface area contributed by atoms with Crippen LogP contribution in [0, 0.1) is 6.92 Å². The Morgan fingerprint density at radius 2 is 2.12 bits per heavy atom. The first kappa shape index (κ1) is 22.8. The van der Waals surface area contributed by atoms with E-state index in [-0.39, 0.29) is 24.3 Å². The standard InChI is InChI=1S/C21H24N6O5S/c1-13-10-17(27-19(22-13)24-20(25-27)33-3)32-12-14-11-26(8-9-31-14)21(29)23-16-7-5-4-6-15(16)18(28)30-2/h4-7,10,14H,8-9,11-12H2,1-3H3,(H,23,29). The summed E-state index contributed by atoms with van der Waals surface area (Å²) in [5, 5.41) is 7.77. The van der Waals surface area contributed by atoms with Gasteiger partial charge in [-0.2, -0.15) is 9.50 Å². The fourth-order valence-electron chi connectivity index (χ4n) is 3.38. The molecule has 1 aromatic carbocycles. The maximum absolute atomic E-state index is 12.8. The highest BCUT2D eigenvalue weighted by Crippen LogP contribution is 2.20. The van der Waals surface area contributed by atoms with Crippen molar-refractivity contribution >= 4 is 35.2 Å². The number of fused-ring (bicyclic) bond motifs is 1. The highest BCUT2D eigenvalue weighted by molar-refractivity contribution is 7.98. The van der Waals surface area contributed by atoms with Gasteiger partial charge in [0, 0.05) is 18.3 Å². The number of carbonyl (C=O) groups excluding carboxylic acids is 2. The SMILES string of the molecule is COC(=O)c1ccccc1NC(=O)N1CCOC(COc2cc(C)nc3nc(SC)nn23)C1. The van der Waals surface area contributed by atoms with E-state index in [1.807, 2.05) is 13.2 Å². The van der Waals surface area contributed by atoms with Crippen molar-refractivity contribution in [1.82, 2.24) is 24.5 Å². The topological polar surface area (TPSA) is 120 Å². The summed E-state index contributed by atoms with van der Waals surface area (Å²) in [6.45, 7) is 3.18. The molecule has 11 nitrogen and oxygen atoms in total. The Morgan fingerprint density at radius 3 is 2.91 bits per heavy atom. The number of carbonyl (C=O) groups is 2. The molecule has 0 aliphatic carbocycles. The molecule has 1 fully saturated rings. The second-order valence-corrected chi connectivity index (χ2v) is 8.04. The minimum absolute atomic E-state index is 0.218. The van der Waals surface area contributed by atoms with Crippen LogP contribution in [0.25, 0.3) is 5.78 Å². The van der Waals surface area contributed by atoms with Gasteiger partial charge in [0.25, 0.3) is 5.78 Å². The van der Waals surface area contributed by atoms with Gasteiger partial charge in [0.05, 0.1) is 31.5 Å². The minimum Gasteiger partial charge on any atom is -0.475 e. The molecule has 1 atom stereocenters. The number of esters is 1. The molecule has 1 aliphatic heterocycles. The van der Waals surface area contributed by atoms with Crippen molar-refractivity contribution in [2.75, 3.05) is 45.0 Å². The number of aryl methyl sites for hydroxylation is 1. The quantitative estimate of drug-likeness (QED) is 0.425. The number of hydrogen-bond acceptors (Lipinski definition) is 9. The smallest absolute Gasteiger partial charge is 0.339 e. The molecule has 1 aliphatic rings. The number of anilines is 1. The molecule has 174 valence electrons. The molecule has 12 heteroatoms. The third kappa shape index (κ3) is 5.17. The summed E-state index contributed by atoms with van der Waals surface area (Å²) in [5.41, 5.74) is 1.43. The summed E-state index contributed by atoms with van der Waals surface area (Å²) in [6.07, 6.45) is 1.55. The van der Waals surface area contributed by atoms with Gasteiger partial charge in [-0.15, -0.1) is 5.10 Å². The van der Waals surface area contributed by atoms with Crippen LogP contribution >= 0.6 is 11.8 Å². The number of ether oxygens (including phenoxy) is 3. The largest absolute Gasteiger partial charge is 0.475 e. The van der Waals surface area contributed by atoms with E-state index in [2.05, 4.69) is 20.4 Å². The fraction of sp³-hybridized carbons (Fsp3) is 0.381. The summed E-state index contributed by atoms with van der Waals surface area (Å²) in [5.74, 6) is 0.447. The molecule has 3 aromatic rings. The predicted molar refractivity (Wildman–Crippen MR) is 121 cm³/mol. The molecular weight excluding hydrogens is 448 g/mol. The van der Waals surface area contributed by atoms with Gasteiger partial charge in [0.15, 0.2) is 0 Å². The third-order valence-electron chi connectivity index (χ3n) is 4.99. The van der Waals surface area contributed by atoms with Crippen molar-refractivity contribution in [3.05, 3.63) is 41.6 Å². The molecule has 33 heavy (non-hydrogen) atoms. The maximum atomic E-state index is 12.8. The lowest BCUT2D eigenvalue weighted by atomic mass is 10.2. The van der Waals surface area contributed by atoms with Gasteiger partial charge in [-0.05, 0) is 25.3 Å². The first-order chi connectivity index (χ1) is 16.0. The number of benzene rings is 1. The van der Waals surface area contributed by atoms with E-state index in [9.17, 15) is 9.59 Å². The summed E-state index contributed by atoms with van der Waals surface area (Å²) in [4.78, 5) is 35.1. The first-order valence-corrected chi connectivity index (χ1v) is 11.5. The van der Waals surface area contributed by atoms with Crippen molar-refractivity contribution in [2.45, 2.75) is 18.2 Å². The molecule has 2 amide bonds. The molecule has 1 saturated heterocycles. The Labute approximate surface area is 194 Å². The lowest BCUT2D eigenvalue weighted by Crippen LogP contribution is -2.49. The predicted octanol–water partition coefficient (Wildman–Crippen LogP) is 2.25. The number of para-hydroxylation sites is 1. The van der Waals surface area contributed by atoms with Crippen LogP contribution in [0.2, 0.25) is 0 Å². The molecule has 0 saturated carbocycles. The molecule has 1 N–H and O–H groups in total. The summed E-state index contributed by atoms with van der Waals surface area (Å²) >= 11 is 1.42. The maximum Gasteiger partial charge on any atom is 0.339 e. The number of aromatic nitrogens is 4. The van der Waals surface area contributed by atoms with Gasteiger partial charge >= 0.3 is 12.0 Å². The second-order valence-electron chi connectivity index (χ2n) is 7.26. The number of nitrogens with one attached hydrogen (secondary N) is 1. The Hall–Kier alpha value is -3.38. The van der Waals surface area contributed by atoms with Crippen LogP contribution in [0.15, 0.2) is 35.5 Å². The first-order valence-electron chi connectivity index (χ1n) is 10.2. The van der Waals surface area contributed by atoms with Crippen molar-refractivity contribution in [1.29, 1.82) is 0 Å². The van der Waals surface area contributed by atoms with E-state index in [0.29, 0.717) is 42.2 Å². The molecule has 0 spiro atoms. The van der Waals surface area contributed by atoms with Gasteiger partial charge in [-0.25, -0.2) is 14.6 Å². The zero-order valence-electron chi connectivity index (χ0n) is 18.5. The van der Waals surface area contributed by atoms with Gasteiger partial charge in [-0.3, -0.25) is 0 Å². The number of hydrogen-bond donors (Lipinski definition) is 1. The van der Waals surface area contributed by atoms with Gasteiger partial charge in [0.1, 0.15) is 12.7 Å². The van der Waals surface area contributed by atoms with E-state index in [1.54, 1.807) is 39.7 Å². The molecule has 4 rings (SSSR count). The number of rotatable bonds is 6. The van der Waals surface area contributed by atoms with Crippen LogP contribution in [0.4, 0.5) is 10.5 Å². The lowest BCUT2D eigenvalue weighted by Gasteiger charge is -2.32. The Morgan fingerprint density at radius 1 is 1.30 bits per heavy atom. The number of urea groups is 1. The van der Waals surface area contributed by atoms with Crippen LogP contribution < -0.4 is 10.1 Å². The number of thioether (sulfide) groups is 1. The third-order valence-corrected chi connectivity index (χ3v) is 5.53. The van der Waals surface area contributed by atoms with E-state index < -0.39 is 5.97 Å². The zero-order valence-corrected chi connectivity index (χ0v) is 19.3. The normalized spacial score (nSPS) is 16.0. The number of methoxy groups -OCH3 is 1. The summed E-state index contributed by atoms with van der Waals surface area (Å²) in [6, 6.07) is 8.15. The van der Waals surface area contributed by atoms with E-state index in [4.69, 9.17) is 14.2 Å². The highest BCUT2D eigenvalue weighted by atomic mass is 32.2. The second kappa shape index (κ2) is 10.0. The molecule has 0 bridgehead atoms. The van der Waals surface area contributed by atoms with Crippen molar-refractivity contribution in [2.24, 2.45) is 0 Å². The Kier molecular flexibility index (Phi) is 6.94. The Balaban J connectivity index is 1.40. The number of amides is 2. The number of morpholine rings is 1. The highest BCUT2D eigenvalue weighted by Gasteiger charge is 2.26. The molecule has 3 heterocycles. The summed E-state index contributed by atoms with van der Waals surface area (Å²) < 4.78 is 18.1. The van der Waals surface area contributed by atoms with Crippen molar-refractivity contribution in [3.8, 4) is 5.88 Å². The molecule has 0 radical (unpaired) electrons. The van der Waals surface area contributed by atoms with Gasteiger partial charge < -0.3 is 24.4 Å². The summed E-state index contributed by atoms with van der Waals surface area (Å²) in [7, 11) is 1.30. The van der Waals surface area contributed by atoms with E-state index in [1.165, 1.54) is 18.9 Å². The fourth-order valence-corrected chi connectivity index (χ4v) is 3.72. The van der Waals surface area contributed by atoms with E-state index in [0.717, 1.165) is 5.69 Å². The lowest BCUT2D eigenvalue weighted by molar-refractivity contribution is -0.0347. The van der Waals surface area contributed by atoms with Crippen LogP contribution in [-0.2, 0) is 9.47 Å². The minimum atomic E-state index is -0.518. The molecule has 1 unspecified atom stereocenters. The monoisotopic (exact) mass is 472 g/mol. The van der Waals surface area contributed by atoms with Gasteiger partial charge in [-0.1, -0.05) is 23.9 Å². The average Bonchev–Trinajstić information content (AvgIpc) is 3.25.